The smallest absolute Gasteiger partial charge is 0.224 e. The molecule has 0 spiro atoms. The number of hydrogen-bond acceptors (Lipinski definition) is 3. The average Bonchev–Trinajstić information content (AvgIpc) is 2.49. The van der Waals surface area contributed by atoms with Crippen LogP contribution < -0.4 is 5.32 Å². The maximum atomic E-state index is 12.6. The average molecular weight is 282 g/mol. The van der Waals surface area contributed by atoms with Gasteiger partial charge in [-0.05, 0) is 39.7 Å². The Hall–Kier alpha value is -0.610. The van der Waals surface area contributed by atoms with E-state index in [9.17, 15) is 4.79 Å². The summed E-state index contributed by atoms with van der Waals surface area (Å²) in [5.74, 6) is 0.311. The fourth-order valence-corrected chi connectivity index (χ4v) is 3.68. The van der Waals surface area contributed by atoms with Crippen molar-refractivity contribution < 1.29 is 9.53 Å². The monoisotopic (exact) mass is 282 g/mol. The second-order valence-corrected chi connectivity index (χ2v) is 6.33. The maximum Gasteiger partial charge on any atom is 0.224 e. The van der Waals surface area contributed by atoms with Crippen LogP contribution in [0.4, 0.5) is 0 Å². The van der Waals surface area contributed by atoms with E-state index in [1.807, 2.05) is 18.9 Å². The Morgan fingerprint density at radius 2 is 2.05 bits per heavy atom. The number of piperidine rings is 1. The van der Waals surface area contributed by atoms with Crippen LogP contribution in [0.25, 0.3) is 0 Å². The molecule has 20 heavy (non-hydrogen) atoms. The minimum atomic E-state index is 0.0495. The van der Waals surface area contributed by atoms with Crippen LogP contribution in [0.2, 0.25) is 0 Å². The second kappa shape index (κ2) is 7.41. The highest BCUT2D eigenvalue weighted by Gasteiger charge is 2.35. The molecule has 2 aliphatic rings. The summed E-state index contributed by atoms with van der Waals surface area (Å²) in [6.45, 7) is 4.46. The Morgan fingerprint density at radius 3 is 2.70 bits per heavy atom. The lowest BCUT2D eigenvalue weighted by atomic mass is 9.79. The molecule has 4 heteroatoms. The third kappa shape index (κ3) is 3.95. The summed E-state index contributed by atoms with van der Waals surface area (Å²) in [7, 11) is 2.01. The van der Waals surface area contributed by atoms with E-state index in [4.69, 9.17) is 4.74 Å². The quantitative estimate of drug-likeness (QED) is 0.841. The van der Waals surface area contributed by atoms with E-state index < -0.39 is 0 Å². The molecule has 1 heterocycles. The predicted octanol–water partition coefficient (Wildman–Crippen LogP) is 2.33. The molecule has 2 rings (SSSR count). The number of carbonyl (C=O) groups excluding carboxylic acids is 1. The lowest BCUT2D eigenvalue weighted by molar-refractivity contribution is -0.137. The number of carbonyl (C=O) groups is 1. The molecule has 1 atom stereocenters. The first-order valence-corrected chi connectivity index (χ1v) is 8.27. The van der Waals surface area contributed by atoms with Crippen molar-refractivity contribution >= 4 is 5.91 Å². The standard InChI is InChI=1S/C16H30N2O2/c1-3-20-14-8-7-11-18(13-14)15(19)12-16(17-2)9-5-4-6-10-16/h14,17H,3-13H2,1-2H3. The van der Waals surface area contributed by atoms with Crippen LogP contribution in [0.5, 0.6) is 0 Å². The molecule has 0 aromatic carbocycles. The van der Waals surface area contributed by atoms with Crippen molar-refractivity contribution in [2.45, 2.75) is 69.9 Å². The van der Waals surface area contributed by atoms with E-state index in [1.54, 1.807) is 0 Å². The van der Waals surface area contributed by atoms with E-state index in [2.05, 4.69) is 5.32 Å². The Morgan fingerprint density at radius 1 is 1.30 bits per heavy atom. The molecule has 1 amide bonds. The highest BCUT2D eigenvalue weighted by atomic mass is 16.5. The molecule has 1 unspecified atom stereocenters. The minimum absolute atomic E-state index is 0.0495. The highest BCUT2D eigenvalue weighted by molar-refractivity contribution is 5.77. The van der Waals surface area contributed by atoms with Gasteiger partial charge in [0.15, 0.2) is 0 Å². The van der Waals surface area contributed by atoms with Crippen molar-refractivity contribution in [2.24, 2.45) is 0 Å². The zero-order chi connectivity index (χ0) is 14.4. The first-order chi connectivity index (χ1) is 9.69. The summed E-state index contributed by atoms with van der Waals surface area (Å²) in [4.78, 5) is 14.6. The molecule has 0 radical (unpaired) electrons. The Kier molecular flexibility index (Phi) is 5.85. The molecule has 0 aromatic heterocycles. The summed E-state index contributed by atoms with van der Waals surface area (Å²) in [6.07, 6.45) is 9.14. The fraction of sp³-hybridized carbons (Fsp3) is 0.938. The number of hydrogen-bond donors (Lipinski definition) is 1. The van der Waals surface area contributed by atoms with Gasteiger partial charge in [-0.15, -0.1) is 0 Å². The first kappa shape index (κ1) is 15.8. The van der Waals surface area contributed by atoms with Crippen molar-refractivity contribution in [1.29, 1.82) is 0 Å². The van der Waals surface area contributed by atoms with Gasteiger partial charge in [-0.1, -0.05) is 19.3 Å². The van der Waals surface area contributed by atoms with E-state index in [-0.39, 0.29) is 11.6 Å². The van der Waals surface area contributed by atoms with Crippen molar-refractivity contribution in [3.8, 4) is 0 Å². The molecule has 1 aliphatic heterocycles. The topological polar surface area (TPSA) is 41.6 Å². The third-order valence-electron chi connectivity index (χ3n) is 4.96. The number of ether oxygens (including phenoxy) is 1. The Labute approximate surface area is 123 Å². The summed E-state index contributed by atoms with van der Waals surface area (Å²) >= 11 is 0. The number of likely N-dealkylation sites (tertiary alicyclic amines) is 1. The van der Waals surface area contributed by atoms with E-state index in [1.165, 1.54) is 19.3 Å². The van der Waals surface area contributed by atoms with Gasteiger partial charge >= 0.3 is 0 Å². The molecule has 2 fully saturated rings. The van der Waals surface area contributed by atoms with Crippen molar-refractivity contribution in [2.75, 3.05) is 26.7 Å². The molecule has 4 nitrogen and oxygen atoms in total. The third-order valence-corrected chi connectivity index (χ3v) is 4.96. The highest BCUT2D eigenvalue weighted by Crippen LogP contribution is 2.31. The zero-order valence-corrected chi connectivity index (χ0v) is 13.1. The van der Waals surface area contributed by atoms with Crippen LogP contribution in [-0.4, -0.2) is 49.2 Å². The van der Waals surface area contributed by atoms with Crippen LogP contribution in [0, 0.1) is 0 Å². The van der Waals surface area contributed by atoms with E-state index in [0.717, 1.165) is 45.4 Å². The Balaban J connectivity index is 1.89. The maximum absolute atomic E-state index is 12.6. The molecule has 116 valence electrons. The summed E-state index contributed by atoms with van der Waals surface area (Å²) in [5.41, 5.74) is 0.0495. The van der Waals surface area contributed by atoms with E-state index >= 15 is 0 Å². The summed E-state index contributed by atoms with van der Waals surface area (Å²) in [5, 5.41) is 3.45. The summed E-state index contributed by atoms with van der Waals surface area (Å²) in [6, 6.07) is 0. The van der Waals surface area contributed by atoms with Gasteiger partial charge in [0.25, 0.3) is 0 Å². The fourth-order valence-electron chi connectivity index (χ4n) is 3.68. The van der Waals surface area contributed by atoms with Gasteiger partial charge in [0.2, 0.25) is 5.91 Å². The molecule has 1 aliphatic carbocycles. The Bertz CT molecular complexity index is 312. The van der Waals surface area contributed by atoms with Gasteiger partial charge < -0.3 is 15.0 Å². The predicted molar refractivity (Wildman–Crippen MR) is 80.7 cm³/mol. The van der Waals surface area contributed by atoms with Crippen LogP contribution in [0.15, 0.2) is 0 Å². The van der Waals surface area contributed by atoms with Gasteiger partial charge in [0.05, 0.1) is 6.10 Å². The van der Waals surface area contributed by atoms with Crippen LogP contribution in [0.1, 0.15) is 58.3 Å². The van der Waals surface area contributed by atoms with Gasteiger partial charge in [-0.3, -0.25) is 4.79 Å². The number of nitrogens with one attached hydrogen (secondary N) is 1. The summed E-state index contributed by atoms with van der Waals surface area (Å²) < 4.78 is 5.70. The normalized spacial score (nSPS) is 26.5. The van der Waals surface area contributed by atoms with Crippen molar-refractivity contribution in [3.63, 3.8) is 0 Å². The van der Waals surface area contributed by atoms with Crippen LogP contribution >= 0.6 is 0 Å². The van der Waals surface area contributed by atoms with Gasteiger partial charge in [0.1, 0.15) is 0 Å². The van der Waals surface area contributed by atoms with Crippen molar-refractivity contribution in [1.82, 2.24) is 10.2 Å². The van der Waals surface area contributed by atoms with Gasteiger partial charge in [-0.2, -0.15) is 0 Å². The SMILES string of the molecule is CCOC1CCCN(C(=O)CC2(NC)CCCCC2)C1. The molecule has 1 saturated heterocycles. The molecular weight excluding hydrogens is 252 g/mol. The minimum Gasteiger partial charge on any atom is -0.377 e. The van der Waals surface area contributed by atoms with Gasteiger partial charge in [-0.25, -0.2) is 0 Å². The molecule has 0 aromatic rings. The molecular formula is C16H30N2O2. The number of amides is 1. The van der Waals surface area contributed by atoms with Crippen molar-refractivity contribution in [3.05, 3.63) is 0 Å². The first-order valence-electron chi connectivity index (χ1n) is 8.27. The van der Waals surface area contributed by atoms with Gasteiger partial charge in [0, 0.05) is 31.7 Å². The molecule has 0 bridgehead atoms. The molecule has 1 N–H and O–H groups in total. The zero-order valence-electron chi connectivity index (χ0n) is 13.1. The van der Waals surface area contributed by atoms with E-state index in [0.29, 0.717) is 12.3 Å². The lowest BCUT2D eigenvalue weighted by Gasteiger charge is -2.39. The number of nitrogens with zero attached hydrogens (tertiary/aromatic N) is 1. The largest absolute Gasteiger partial charge is 0.377 e. The molecule has 1 saturated carbocycles. The number of rotatable bonds is 5. The van der Waals surface area contributed by atoms with Crippen LogP contribution in [0.3, 0.4) is 0 Å². The van der Waals surface area contributed by atoms with Crippen LogP contribution in [-0.2, 0) is 9.53 Å². The second-order valence-electron chi connectivity index (χ2n) is 6.33. The lowest BCUT2D eigenvalue weighted by Crippen LogP contribution is -2.51.